The van der Waals surface area contributed by atoms with Crippen molar-refractivity contribution < 1.29 is 8.83 Å². The van der Waals surface area contributed by atoms with Crippen molar-refractivity contribution in [3.63, 3.8) is 0 Å². The van der Waals surface area contributed by atoms with Gasteiger partial charge in [-0.2, -0.15) is 0 Å². The van der Waals surface area contributed by atoms with Gasteiger partial charge in [-0.05, 0) is 30.3 Å². The van der Waals surface area contributed by atoms with Crippen molar-refractivity contribution >= 4 is 43.9 Å². The molecule has 0 aliphatic heterocycles. The van der Waals surface area contributed by atoms with E-state index in [1.807, 2.05) is 152 Å². The number of nitrogens with zero attached hydrogens (tertiary/aromatic N) is 6. The first-order chi connectivity index (χ1) is 27.7. The second kappa shape index (κ2) is 12.9. The molecule has 0 saturated heterocycles. The molecule has 0 radical (unpaired) electrons. The van der Waals surface area contributed by atoms with E-state index in [9.17, 15) is 0 Å². The number of aromatic nitrogens is 6. The van der Waals surface area contributed by atoms with Crippen LogP contribution in [0.15, 0.2) is 179 Å². The lowest BCUT2D eigenvalue weighted by Crippen LogP contribution is -2.00. The van der Waals surface area contributed by atoms with Gasteiger partial charge in [0.25, 0.3) is 0 Å². The Morgan fingerprint density at radius 3 is 1.43 bits per heavy atom. The Hall–Kier alpha value is -7.84. The van der Waals surface area contributed by atoms with E-state index >= 15 is 0 Å². The molecule has 8 heteroatoms. The summed E-state index contributed by atoms with van der Waals surface area (Å²) in [4.78, 5) is 30.0. The summed E-state index contributed by atoms with van der Waals surface area (Å²) in [5.74, 6) is 3.35. The topological polar surface area (TPSA) is 104 Å². The van der Waals surface area contributed by atoms with Crippen LogP contribution < -0.4 is 0 Å². The number of hydrogen-bond acceptors (Lipinski definition) is 8. The minimum Gasteiger partial charge on any atom is -0.456 e. The third-order valence-corrected chi connectivity index (χ3v) is 10.0. The smallest absolute Gasteiger partial charge is 0.167 e. The van der Waals surface area contributed by atoms with Gasteiger partial charge in [-0.3, -0.25) is 0 Å². The van der Waals surface area contributed by atoms with Crippen molar-refractivity contribution in [2.45, 2.75) is 0 Å². The lowest BCUT2D eigenvalue weighted by Gasteiger charge is -2.09. The third kappa shape index (κ3) is 5.39. The SMILES string of the molecule is c1ccc(-c2nc(-c3ccccc3)nc(-c3ccc4c(c3)oc3cccc(-c5nc(-c6ccccc6)nc(-c6cccc7c6oc6ccccc67)n5)c34)n2)cc1. The van der Waals surface area contributed by atoms with Crippen molar-refractivity contribution in [1.29, 1.82) is 0 Å². The molecule has 0 N–H and O–H groups in total. The fourth-order valence-corrected chi connectivity index (χ4v) is 7.35. The molecular weight excluding hydrogens is 693 g/mol. The molecule has 0 atom stereocenters. The summed E-state index contributed by atoms with van der Waals surface area (Å²) in [5, 5.41) is 3.87. The van der Waals surface area contributed by atoms with E-state index in [1.165, 1.54) is 0 Å². The molecule has 4 aromatic heterocycles. The van der Waals surface area contributed by atoms with Crippen LogP contribution in [0.3, 0.4) is 0 Å². The highest BCUT2D eigenvalue weighted by Crippen LogP contribution is 2.40. The molecule has 7 aromatic carbocycles. The lowest BCUT2D eigenvalue weighted by atomic mass is 10.0. The van der Waals surface area contributed by atoms with E-state index < -0.39 is 0 Å². The highest BCUT2D eigenvalue weighted by molar-refractivity contribution is 6.13. The maximum atomic E-state index is 6.57. The second-order valence-electron chi connectivity index (χ2n) is 13.5. The van der Waals surface area contributed by atoms with Crippen LogP contribution in [0.2, 0.25) is 0 Å². The maximum Gasteiger partial charge on any atom is 0.167 e. The Morgan fingerprint density at radius 2 is 0.768 bits per heavy atom. The summed E-state index contributed by atoms with van der Waals surface area (Å²) in [6, 6.07) is 56.1. The van der Waals surface area contributed by atoms with E-state index in [0.29, 0.717) is 46.1 Å². The number of fused-ring (bicyclic) bond motifs is 6. The van der Waals surface area contributed by atoms with E-state index in [0.717, 1.165) is 66.1 Å². The van der Waals surface area contributed by atoms with Gasteiger partial charge in [0.05, 0.1) is 5.56 Å². The van der Waals surface area contributed by atoms with Crippen LogP contribution >= 0.6 is 0 Å². The van der Waals surface area contributed by atoms with Gasteiger partial charge in [0, 0.05) is 49.4 Å². The van der Waals surface area contributed by atoms with E-state index in [4.69, 9.17) is 38.7 Å². The zero-order valence-electron chi connectivity index (χ0n) is 29.7. The molecule has 0 amide bonds. The minimum atomic E-state index is 0.517. The molecular formula is C48H28N6O2. The van der Waals surface area contributed by atoms with Crippen LogP contribution in [0.5, 0.6) is 0 Å². The molecule has 0 fully saturated rings. The van der Waals surface area contributed by atoms with Gasteiger partial charge in [0.1, 0.15) is 22.3 Å². The highest BCUT2D eigenvalue weighted by atomic mass is 16.3. The maximum absolute atomic E-state index is 6.57. The van der Waals surface area contributed by atoms with Crippen LogP contribution in [-0.4, -0.2) is 29.9 Å². The molecule has 0 aliphatic rings. The van der Waals surface area contributed by atoms with Crippen molar-refractivity contribution in [2.24, 2.45) is 0 Å². The molecule has 11 aromatic rings. The molecule has 11 rings (SSSR count). The predicted octanol–water partition coefficient (Wildman–Crippen LogP) is 11.9. The summed E-state index contributed by atoms with van der Waals surface area (Å²) in [6.45, 7) is 0. The lowest BCUT2D eigenvalue weighted by molar-refractivity contribution is 0.668. The van der Waals surface area contributed by atoms with Crippen LogP contribution in [0.1, 0.15) is 0 Å². The average molecular weight is 721 g/mol. The Kier molecular flexibility index (Phi) is 7.31. The molecule has 4 heterocycles. The van der Waals surface area contributed by atoms with Gasteiger partial charge >= 0.3 is 0 Å². The summed E-state index contributed by atoms with van der Waals surface area (Å²) in [6.07, 6.45) is 0. The molecule has 0 spiro atoms. The molecule has 0 aliphatic carbocycles. The van der Waals surface area contributed by atoms with Crippen LogP contribution in [-0.2, 0) is 0 Å². The Labute approximate surface area is 319 Å². The predicted molar refractivity (Wildman–Crippen MR) is 220 cm³/mol. The molecule has 8 nitrogen and oxygen atoms in total. The molecule has 262 valence electrons. The van der Waals surface area contributed by atoms with Gasteiger partial charge in [-0.15, -0.1) is 0 Å². The molecule has 56 heavy (non-hydrogen) atoms. The van der Waals surface area contributed by atoms with E-state index in [1.54, 1.807) is 0 Å². The van der Waals surface area contributed by atoms with Crippen molar-refractivity contribution in [1.82, 2.24) is 29.9 Å². The number of para-hydroxylation sites is 2. The molecule has 0 unspecified atom stereocenters. The fraction of sp³-hybridized carbons (Fsp3) is 0. The summed E-state index contributed by atoms with van der Waals surface area (Å²) in [7, 11) is 0. The Morgan fingerprint density at radius 1 is 0.286 bits per heavy atom. The zero-order chi connectivity index (χ0) is 37.0. The summed E-state index contributed by atoms with van der Waals surface area (Å²) < 4.78 is 13.0. The minimum absolute atomic E-state index is 0.517. The van der Waals surface area contributed by atoms with Gasteiger partial charge in [-0.25, -0.2) is 29.9 Å². The van der Waals surface area contributed by atoms with Crippen LogP contribution in [0.25, 0.3) is 112 Å². The zero-order valence-corrected chi connectivity index (χ0v) is 29.7. The standard InChI is InChI=1S/C48H28N6O2/c1-4-14-29(15-5-1)43-49-44(30-16-6-2-7-17-30)51-46(50-43)32-26-27-35-40(28-32)55-39-25-13-22-36(41(35)39)47-52-45(31-18-8-3-9-19-31)53-48(54-47)37-23-12-21-34-33-20-10-11-24-38(33)56-42(34)37/h1-28H. The van der Waals surface area contributed by atoms with Crippen LogP contribution in [0, 0.1) is 0 Å². The van der Waals surface area contributed by atoms with Crippen molar-refractivity contribution in [3.8, 4) is 68.3 Å². The second-order valence-corrected chi connectivity index (χ2v) is 13.5. The van der Waals surface area contributed by atoms with Gasteiger partial charge < -0.3 is 8.83 Å². The largest absolute Gasteiger partial charge is 0.456 e. The third-order valence-electron chi connectivity index (χ3n) is 10.0. The number of hydrogen-bond donors (Lipinski definition) is 0. The van der Waals surface area contributed by atoms with E-state index in [-0.39, 0.29) is 0 Å². The molecule has 0 bridgehead atoms. The van der Waals surface area contributed by atoms with Gasteiger partial charge in [-0.1, -0.05) is 140 Å². The first-order valence-corrected chi connectivity index (χ1v) is 18.3. The summed E-state index contributed by atoms with van der Waals surface area (Å²) in [5.41, 5.74) is 8.06. The quantitative estimate of drug-likeness (QED) is 0.167. The monoisotopic (exact) mass is 720 g/mol. The van der Waals surface area contributed by atoms with Gasteiger partial charge in [0.15, 0.2) is 34.9 Å². The van der Waals surface area contributed by atoms with Crippen LogP contribution in [0.4, 0.5) is 0 Å². The Balaban J connectivity index is 1.09. The fourth-order valence-electron chi connectivity index (χ4n) is 7.35. The van der Waals surface area contributed by atoms with Gasteiger partial charge in [0.2, 0.25) is 0 Å². The highest BCUT2D eigenvalue weighted by Gasteiger charge is 2.21. The normalized spacial score (nSPS) is 11.6. The van der Waals surface area contributed by atoms with Crippen molar-refractivity contribution in [3.05, 3.63) is 170 Å². The average Bonchev–Trinajstić information content (AvgIpc) is 3.85. The van der Waals surface area contributed by atoms with Crippen molar-refractivity contribution in [2.75, 3.05) is 0 Å². The first-order valence-electron chi connectivity index (χ1n) is 18.3. The van der Waals surface area contributed by atoms with E-state index in [2.05, 4.69) is 18.2 Å². The number of rotatable bonds is 6. The first kappa shape index (κ1) is 31.7. The number of furan rings is 2. The summed E-state index contributed by atoms with van der Waals surface area (Å²) >= 11 is 0. The molecule has 0 saturated carbocycles. The number of benzene rings is 7. The Bertz CT molecular complexity index is 3190.